The minimum atomic E-state index is 0.00143. The maximum absolute atomic E-state index is 6.22. The van der Waals surface area contributed by atoms with Crippen molar-refractivity contribution in [3.8, 4) is 0 Å². The molecule has 1 saturated carbocycles. The van der Waals surface area contributed by atoms with E-state index in [0.717, 1.165) is 55.7 Å². The fourth-order valence-electron chi connectivity index (χ4n) is 2.85. The molecule has 2 aliphatic rings. The molecule has 1 saturated heterocycles. The number of anilines is 1. The van der Waals surface area contributed by atoms with Gasteiger partial charge >= 0.3 is 0 Å². The van der Waals surface area contributed by atoms with Crippen molar-refractivity contribution in [2.75, 3.05) is 31.2 Å². The van der Waals surface area contributed by atoms with Crippen LogP contribution in [0.15, 0.2) is 35.2 Å². The predicted molar refractivity (Wildman–Crippen MR) is 98.3 cm³/mol. The summed E-state index contributed by atoms with van der Waals surface area (Å²) in [7, 11) is 0. The normalized spacial score (nSPS) is 19.3. The fourth-order valence-corrected chi connectivity index (χ4v) is 4.39. The van der Waals surface area contributed by atoms with Crippen molar-refractivity contribution in [1.82, 2.24) is 9.97 Å². The van der Waals surface area contributed by atoms with E-state index in [1.165, 1.54) is 4.90 Å². The van der Waals surface area contributed by atoms with E-state index in [9.17, 15) is 0 Å². The molecule has 4 rings (SSSR count). The Kier molecular flexibility index (Phi) is 4.60. The van der Waals surface area contributed by atoms with Gasteiger partial charge in [0.05, 0.1) is 23.7 Å². The van der Waals surface area contributed by atoms with E-state index in [0.29, 0.717) is 5.28 Å². The van der Waals surface area contributed by atoms with Gasteiger partial charge in [-0.05, 0) is 48.7 Å². The third-order valence-electron chi connectivity index (χ3n) is 4.32. The minimum absolute atomic E-state index is 0.00143. The van der Waals surface area contributed by atoms with Gasteiger partial charge in [0.25, 0.3) is 0 Å². The van der Waals surface area contributed by atoms with E-state index in [-0.39, 0.29) is 4.75 Å². The second kappa shape index (κ2) is 6.71. The molecule has 1 aliphatic heterocycles. The summed E-state index contributed by atoms with van der Waals surface area (Å²) in [6.45, 7) is 3.12. The van der Waals surface area contributed by atoms with Crippen LogP contribution in [-0.4, -0.2) is 36.3 Å². The lowest BCUT2D eigenvalue weighted by molar-refractivity contribution is 0.122. The molecule has 0 spiro atoms. The lowest BCUT2D eigenvalue weighted by Gasteiger charge is -2.28. The molecule has 0 bridgehead atoms. The fraction of sp³-hybridized carbons (Fsp3) is 0.412. The number of morpholine rings is 1. The third-order valence-corrected chi connectivity index (χ3v) is 6.26. The summed E-state index contributed by atoms with van der Waals surface area (Å²) in [5.74, 6) is 0.899. The first-order valence-corrected chi connectivity index (χ1v) is 9.54. The van der Waals surface area contributed by atoms with Crippen LogP contribution in [0.4, 0.5) is 5.82 Å². The molecule has 1 aliphatic carbocycles. The molecule has 1 aromatic carbocycles. The average molecular weight is 382 g/mol. The number of ether oxygens (including phenoxy) is 1. The molecule has 24 heavy (non-hydrogen) atoms. The zero-order valence-corrected chi connectivity index (χ0v) is 15.4. The van der Waals surface area contributed by atoms with E-state index >= 15 is 0 Å². The van der Waals surface area contributed by atoms with E-state index < -0.39 is 0 Å². The highest BCUT2D eigenvalue weighted by Crippen LogP contribution is 2.59. The molecular formula is C17H17Cl2N3OS. The summed E-state index contributed by atoms with van der Waals surface area (Å²) in [4.78, 5) is 12.3. The molecule has 4 nitrogen and oxygen atoms in total. The predicted octanol–water partition coefficient (Wildman–Crippen LogP) is 4.40. The Balaban J connectivity index is 1.60. The molecule has 126 valence electrons. The van der Waals surface area contributed by atoms with Gasteiger partial charge in [-0.2, -0.15) is 0 Å². The van der Waals surface area contributed by atoms with Crippen LogP contribution in [-0.2, 0) is 9.48 Å². The van der Waals surface area contributed by atoms with Gasteiger partial charge in [-0.3, -0.25) is 0 Å². The highest BCUT2D eigenvalue weighted by Gasteiger charge is 2.47. The van der Waals surface area contributed by atoms with Gasteiger partial charge in [0.1, 0.15) is 5.82 Å². The Morgan fingerprint density at radius 2 is 1.75 bits per heavy atom. The van der Waals surface area contributed by atoms with Crippen molar-refractivity contribution in [2.24, 2.45) is 0 Å². The van der Waals surface area contributed by atoms with Crippen molar-refractivity contribution in [3.63, 3.8) is 0 Å². The lowest BCUT2D eigenvalue weighted by Crippen LogP contribution is -2.37. The molecule has 0 atom stereocenters. The lowest BCUT2D eigenvalue weighted by atomic mass is 10.2. The van der Waals surface area contributed by atoms with Crippen molar-refractivity contribution >= 4 is 40.8 Å². The molecule has 0 amide bonds. The van der Waals surface area contributed by atoms with Crippen molar-refractivity contribution in [3.05, 3.63) is 46.3 Å². The number of hydrogen-bond donors (Lipinski definition) is 0. The SMILES string of the molecule is Clc1ccc(SC2(c3cc(N4CCOCC4)nc(Cl)n3)CC2)cc1. The number of rotatable bonds is 4. The van der Waals surface area contributed by atoms with E-state index in [4.69, 9.17) is 27.9 Å². The first kappa shape index (κ1) is 16.5. The summed E-state index contributed by atoms with van der Waals surface area (Å²) in [6.07, 6.45) is 2.19. The van der Waals surface area contributed by atoms with Crippen LogP contribution in [0.5, 0.6) is 0 Å². The molecule has 0 N–H and O–H groups in total. The summed E-state index contributed by atoms with van der Waals surface area (Å²) >= 11 is 14.0. The molecular weight excluding hydrogens is 365 g/mol. The van der Waals surface area contributed by atoms with Crippen LogP contribution >= 0.6 is 35.0 Å². The standard InChI is InChI=1S/C17H17Cl2N3OS/c18-12-1-3-13(4-2-12)24-17(5-6-17)14-11-15(21-16(19)20-14)22-7-9-23-10-8-22/h1-4,11H,5-10H2. The smallest absolute Gasteiger partial charge is 0.224 e. The van der Waals surface area contributed by atoms with Gasteiger partial charge in [-0.1, -0.05) is 11.6 Å². The Labute approximate surface area is 155 Å². The Hall–Kier alpha value is -1.01. The molecule has 0 radical (unpaired) electrons. The quantitative estimate of drug-likeness (QED) is 0.733. The van der Waals surface area contributed by atoms with Gasteiger partial charge in [0.2, 0.25) is 5.28 Å². The highest BCUT2D eigenvalue weighted by atomic mass is 35.5. The number of halogens is 2. The maximum Gasteiger partial charge on any atom is 0.224 e. The molecule has 0 unspecified atom stereocenters. The summed E-state index contributed by atoms with van der Waals surface area (Å²) in [5.41, 5.74) is 1.02. The van der Waals surface area contributed by atoms with E-state index in [1.54, 1.807) is 0 Å². The molecule has 7 heteroatoms. The maximum atomic E-state index is 6.22. The van der Waals surface area contributed by atoms with Crippen LogP contribution in [0, 0.1) is 0 Å². The number of nitrogens with zero attached hydrogens (tertiary/aromatic N) is 3. The van der Waals surface area contributed by atoms with E-state index in [2.05, 4.69) is 33.1 Å². The van der Waals surface area contributed by atoms with Gasteiger partial charge in [0, 0.05) is 29.1 Å². The van der Waals surface area contributed by atoms with Crippen LogP contribution < -0.4 is 4.90 Å². The van der Waals surface area contributed by atoms with Crippen molar-refractivity contribution in [2.45, 2.75) is 22.5 Å². The Bertz CT molecular complexity index is 731. The van der Waals surface area contributed by atoms with Crippen LogP contribution in [0.1, 0.15) is 18.5 Å². The highest BCUT2D eigenvalue weighted by molar-refractivity contribution is 8.00. The number of hydrogen-bond acceptors (Lipinski definition) is 5. The number of aromatic nitrogens is 2. The monoisotopic (exact) mass is 381 g/mol. The average Bonchev–Trinajstić information content (AvgIpc) is 3.38. The van der Waals surface area contributed by atoms with Crippen molar-refractivity contribution in [1.29, 1.82) is 0 Å². The largest absolute Gasteiger partial charge is 0.378 e. The second-order valence-corrected chi connectivity index (χ2v) is 8.26. The summed E-state index contributed by atoms with van der Waals surface area (Å²) < 4.78 is 5.42. The topological polar surface area (TPSA) is 38.2 Å². The molecule has 1 aromatic heterocycles. The Morgan fingerprint density at radius 1 is 1.04 bits per heavy atom. The molecule has 2 aromatic rings. The second-order valence-electron chi connectivity index (χ2n) is 6.03. The zero-order valence-electron chi connectivity index (χ0n) is 13.0. The minimum Gasteiger partial charge on any atom is -0.378 e. The van der Waals surface area contributed by atoms with Crippen LogP contribution in [0.2, 0.25) is 10.3 Å². The van der Waals surface area contributed by atoms with Crippen LogP contribution in [0.25, 0.3) is 0 Å². The van der Waals surface area contributed by atoms with Gasteiger partial charge in [-0.15, -0.1) is 11.8 Å². The van der Waals surface area contributed by atoms with Crippen molar-refractivity contribution < 1.29 is 4.74 Å². The van der Waals surface area contributed by atoms with Gasteiger partial charge < -0.3 is 9.64 Å². The number of thioether (sulfide) groups is 1. The third kappa shape index (κ3) is 3.49. The molecule has 2 heterocycles. The van der Waals surface area contributed by atoms with Gasteiger partial charge in [0.15, 0.2) is 0 Å². The van der Waals surface area contributed by atoms with Gasteiger partial charge in [-0.25, -0.2) is 9.97 Å². The first-order valence-electron chi connectivity index (χ1n) is 7.97. The molecule has 2 fully saturated rings. The first-order chi connectivity index (χ1) is 11.6. The summed E-state index contributed by atoms with van der Waals surface area (Å²) in [5, 5.41) is 1.07. The Morgan fingerprint density at radius 3 is 2.42 bits per heavy atom. The number of benzene rings is 1. The zero-order chi connectivity index (χ0) is 16.6. The van der Waals surface area contributed by atoms with Crippen LogP contribution in [0.3, 0.4) is 0 Å². The summed E-state index contributed by atoms with van der Waals surface area (Å²) in [6, 6.07) is 10.0. The van der Waals surface area contributed by atoms with E-state index in [1.807, 2.05) is 23.9 Å².